The number of thiazole rings is 1. The fraction of sp³-hybridized carbons (Fsp3) is 0.346. The molecule has 1 aliphatic carbocycles. The van der Waals surface area contributed by atoms with Gasteiger partial charge in [-0.15, -0.1) is 11.3 Å². The van der Waals surface area contributed by atoms with Crippen molar-refractivity contribution in [2.75, 3.05) is 0 Å². The number of carbonyl (C=O) groups excluding carboxylic acids is 2. The third-order valence-electron chi connectivity index (χ3n) is 5.85. The zero-order valence-corrected chi connectivity index (χ0v) is 20.8. The van der Waals surface area contributed by atoms with Gasteiger partial charge < -0.3 is 15.4 Å². The Hall–Kier alpha value is -2.90. The molecule has 178 valence electrons. The van der Waals surface area contributed by atoms with E-state index in [1.165, 1.54) is 11.3 Å². The van der Waals surface area contributed by atoms with E-state index >= 15 is 0 Å². The van der Waals surface area contributed by atoms with Gasteiger partial charge in [0.05, 0.1) is 0 Å². The lowest BCUT2D eigenvalue weighted by Gasteiger charge is -2.32. The summed E-state index contributed by atoms with van der Waals surface area (Å²) < 4.78 is 5.87. The molecular formula is C26H28ClN3O3S. The van der Waals surface area contributed by atoms with E-state index in [1.807, 2.05) is 26.0 Å². The van der Waals surface area contributed by atoms with Gasteiger partial charge >= 0.3 is 0 Å². The van der Waals surface area contributed by atoms with Gasteiger partial charge in [-0.25, -0.2) is 4.98 Å². The number of hydrogen-bond acceptors (Lipinski definition) is 5. The molecular weight excluding hydrogens is 470 g/mol. The van der Waals surface area contributed by atoms with Crippen molar-refractivity contribution in [2.45, 2.75) is 58.2 Å². The van der Waals surface area contributed by atoms with Gasteiger partial charge in [0.25, 0.3) is 11.8 Å². The van der Waals surface area contributed by atoms with E-state index in [4.69, 9.17) is 16.3 Å². The maximum atomic E-state index is 12.9. The topological polar surface area (TPSA) is 80.3 Å². The van der Waals surface area contributed by atoms with Gasteiger partial charge in [-0.2, -0.15) is 0 Å². The largest absolute Gasteiger partial charge is 0.486 e. The van der Waals surface area contributed by atoms with Crippen LogP contribution in [0, 0.1) is 13.8 Å². The molecule has 1 saturated carbocycles. The van der Waals surface area contributed by atoms with E-state index in [2.05, 4.69) is 21.7 Å². The molecule has 3 aromatic rings. The summed E-state index contributed by atoms with van der Waals surface area (Å²) in [5, 5.41) is 9.23. The Morgan fingerprint density at radius 3 is 2.26 bits per heavy atom. The van der Waals surface area contributed by atoms with Crippen LogP contribution in [0.5, 0.6) is 5.75 Å². The average molecular weight is 498 g/mol. The molecule has 2 atom stereocenters. The van der Waals surface area contributed by atoms with Gasteiger partial charge in [0, 0.05) is 28.0 Å². The number of halogens is 1. The summed E-state index contributed by atoms with van der Waals surface area (Å²) in [6.45, 7) is 4.37. The maximum absolute atomic E-state index is 12.9. The highest BCUT2D eigenvalue weighted by Gasteiger charge is 2.29. The zero-order valence-electron chi connectivity index (χ0n) is 19.3. The van der Waals surface area contributed by atoms with Crippen LogP contribution in [-0.2, 0) is 6.61 Å². The van der Waals surface area contributed by atoms with Crippen LogP contribution in [0.3, 0.4) is 0 Å². The van der Waals surface area contributed by atoms with E-state index in [0.29, 0.717) is 22.9 Å². The number of aryl methyl sites for hydroxylation is 2. The molecule has 1 heterocycles. The molecule has 1 aromatic heterocycles. The molecule has 2 aromatic carbocycles. The molecule has 0 saturated heterocycles. The van der Waals surface area contributed by atoms with Gasteiger partial charge in [-0.1, -0.05) is 30.5 Å². The van der Waals surface area contributed by atoms with Crippen molar-refractivity contribution in [3.63, 3.8) is 0 Å². The Kier molecular flexibility index (Phi) is 7.85. The summed E-state index contributed by atoms with van der Waals surface area (Å²) in [6, 6.07) is 12.6. The van der Waals surface area contributed by atoms with Crippen molar-refractivity contribution in [3.05, 3.63) is 80.3 Å². The molecule has 1 aliphatic rings. The first-order chi connectivity index (χ1) is 16.4. The van der Waals surface area contributed by atoms with Crippen LogP contribution >= 0.6 is 22.9 Å². The van der Waals surface area contributed by atoms with Crippen molar-refractivity contribution in [3.8, 4) is 5.75 Å². The Morgan fingerprint density at radius 2 is 1.62 bits per heavy atom. The predicted octanol–water partition coefficient (Wildman–Crippen LogP) is 5.46. The second-order valence-corrected chi connectivity index (χ2v) is 10.1. The molecule has 0 bridgehead atoms. The van der Waals surface area contributed by atoms with Gasteiger partial charge in [0.15, 0.2) is 0 Å². The molecule has 0 aliphatic heterocycles. The predicted molar refractivity (Wildman–Crippen MR) is 135 cm³/mol. The minimum Gasteiger partial charge on any atom is -0.486 e. The highest BCUT2D eigenvalue weighted by molar-refractivity contribution is 7.09. The van der Waals surface area contributed by atoms with E-state index < -0.39 is 0 Å². The SMILES string of the molecule is Cc1cc(C)cc(OCc2nc(C(=O)N[C@H]3CCCC[C@H]3NC(=O)c3ccc(Cl)cc3)cs2)c1. The smallest absolute Gasteiger partial charge is 0.271 e. The van der Waals surface area contributed by atoms with E-state index in [9.17, 15) is 9.59 Å². The van der Waals surface area contributed by atoms with Crippen LogP contribution < -0.4 is 15.4 Å². The number of carbonyl (C=O) groups is 2. The molecule has 8 heteroatoms. The van der Waals surface area contributed by atoms with Gasteiger partial charge in [0.1, 0.15) is 23.1 Å². The van der Waals surface area contributed by atoms with Crippen molar-refractivity contribution < 1.29 is 14.3 Å². The number of aromatic nitrogens is 1. The summed E-state index contributed by atoms with van der Waals surface area (Å²) in [5.74, 6) is 0.397. The lowest BCUT2D eigenvalue weighted by atomic mass is 9.90. The Morgan fingerprint density at radius 1 is 1.00 bits per heavy atom. The Bertz CT molecular complexity index is 1140. The molecule has 0 radical (unpaired) electrons. The van der Waals surface area contributed by atoms with Gasteiger partial charge in [-0.05, 0) is 74.2 Å². The van der Waals surface area contributed by atoms with Crippen LogP contribution in [0.15, 0.2) is 47.8 Å². The maximum Gasteiger partial charge on any atom is 0.271 e. The van der Waals surface area contributed by atoms with Crippen LogP contribution in [-0.4, -0.2) is 28.9 Å². The molecule has 0 unspecified atom stereocenters. The third kappa shape index (κ3) is 6.36. The molecule has 34 heavy (non-hydrogen) atoms. The van der Waals surface area contributed by atoms with E-state index in [-0.39, 0.29) is 23.9 Å². The zero-order chi connectivity index (χ0) is 24.1. The fourth-order valence-electron chi connectivity index (χ4n) is 4.21. The fourth-order valence-corrected chi connectivity index (χ4v) is 5.03. The summed E-state index contributed by atoms with van der Waals surface area (Å²) in [6.07, 6.45) is 3.64. The molecule has 2 amide bonds. The molecule has 0 spiro atoms. The number of amides is 2. The highest BCUT2D eigenvalue weighted by Crippen LogP contribution is 2.22. The standard InChI is InChI=1S/C26H28ClN3O3S/c1-16-11-17(2)13-20(12-16)33-14-24-28-23(15-34-24)26(32)30-22-6-4-3-5-21(22)29-25(31)18-7-9-19(27)10-8-18/h7-13,15,21-22H,3-6,14H2,1-2H3,(H,29,31)(H,30,32)/t21-,22+/m1/s1. The highest BCUT2D eigenvalue weighted by atomic mass is 35.5. The second kappa shape index (κ2) is 11.0. The van der Waals surface area contributed by atoms with Gasteiger partial charge in [0.2, 0.25) is 0 Å². The summed E-state index contributed by atoms with van der Waals surface area (Å²) in [7, 11) is 0. The first-order valence-corrected chi connectivity index (χ1v) is 12.7. The molecule has 6 nitrogen and oxygen atoms in total. The van der Waals surface area contributed by atoms with Crippen LogP contribution in [0.2, 0.25) is 5.02 Å². The Labute approximate surface area is 208 Å². The van der Waals surface area contributed by atoms with Crippen LogP contribution in [0.4, 0.5) is 0 Å². The third-order valence-corrected chi connectivity index (χ3v) is 6.92. The molecule has 1 fully saturated rings. The normalized spacial score (nSPS) is 17.7. The lowest BCUT2D eigenvalue weighted by Crippen LogP contribution is -2.53. The first-order valence-electron chi connectivity index (χ1n) is 11.4. The number of hydrogen-bond donors (Lipinski definition) is 2. The average Bonchev–Trinajstić information content (AvgIpc) is 3.28. The molecule has 4 rings (SSSR count). The number of nitrogens with one attached hydrogen (secondary N) is 2. The summed E-state index contributed by atoms with van der Waals surface area (Å²) >= 11 is 7.32. The lowest BCUT2D eigenvalue weighted by molar-refractivity contribution is 0.0860. The quantitative estimate of drug-likeness (QED) is 0.454. The summed E-state index contributed by atoms with van der Waals surface area (Å²) in [5.41, 5.74) is 3.20. The molecule has 2 N–H and O–H groups in total. The van der Waals surface area contributed by atoms with E-state index in [0.717, 1.165) is 47.6 Å². The number of ether oxygens (including phenoxy) is 1. The van der Waals surface area contributed by atoms with Crippen molar-refractivity contribution >= 4 is 34.8 Å². The van der Waals surface area contributed by atoms with Crippen LogP contribution in [0.25, 0.3) is 0 Å². The summed E-state index contributed by atoms with van der Waals surface area (Å²) in [4.78, 5) is 30.0. The van der Waals surface area contributed by atoms with Gasteiger partial charge in [-0.3, -0.25) is 9.59 Å². The monoisotopic (exact) mass is 497 g/mol. The first kappa shape index (κ1) is 24.2. The van der Waals surface area contributed by atoms with Crippen molar-refractivity contribution in [1.82, 2.24) is 15.6 Å². The van der Waals surface area contributed by atoms with Crippen molar-refractivity contribution in [2.24, 2.45) is 0 Å². The van der Waals surface area contributed by atoms with Crippen molar-refractivity contribution in [1.29, 1.82) is 0 Å². The number of nitrogens with zero attached hydrogens (tertiary/aromatic N) is 1. The van der Waals surface area contributed by atoms with E-state index in [1.54, 1.807) is 29.6 Å². The minimum atomic E-state index is -0.230. The number of rotatable bonds is 7. The second-order valence-electron chi connectivity index (χ2n) is 8.69. The minimum absolute atomic E-state index is 0.133. The van der Waals surface area contributed by atoms with Crippen LogP contribution in [0.1, 0.15) is 62.7 Å². The number of benzene rings is 2. The Balaban J connectivity index is 1.34.